The highest BCUT2D eigenvalue weighted by molar-refractivity contribution is 5.98. The van der Waals surface area contributed by atoms with Gasteiger partial charge >= 0.3 is 0 Å². The van der Waals surface area contributed by atoms with Crippen molar-refractivity contribution in [2.75, 3.05) is 19.6 Å². The van der Waals surface area contributed by atoms with E-state index in [9.17, 15) is 14.4 Å². The molecule has 0 saturated carbocycles. The van der Waals surface area contributed by atoms with Gasteiger partial charge in [-0.15, -0.1) is 0 Å². The van der Waals surface area contributed by atoms with E-state index in [2.05, 4.69) is 10.6 Å². The van der Waals surface area contributed by atoms with Gasteiger partial charge in [-0.3, -0.25) is 14.4 Å². The van der Waals surface area contributed by atoms with Crippen LogP contribution in [0.2, 0.25) is 0 Å². The van der Waals surface area contributed by atoms with E-state index in [-0.39, 0.29) is 24.3 Å². The van der Waals surface area contributed by atoms with E-state index in [0.717, 1.165) is 0 Å². The number of rotatable bonds is 3. The van der Waals surface area contributed by atoms with Gasteiger partial charge in [0.25, 0.3) is 11.8 Å². The largest absolute Gasteiger partial charge is 0.467 e. The lowest BCUT2D eigenvalue weighted by Gasteiger charge is -2.44. The summed E-state index contributed by atoms with van der Waals surface area (Å²) in [5.41, 5.74) is 0.158. The number of likely N-dealkylation sites (tertiary alicyclic amines) is 1. The number of carbonyl (C=O) groups is 3. The normalized spacial score (nSPS) is 17.3. The number of nitrogens with one attached hydrogen (secondary N) is 2. The molecule has 3 amide bonds. The second kappa shape index (κ2) is 7.27. The van der Waals surface area contributed by atoms with Crippen LogP contribution in [0.5, 0.6) is 5.75 Å². The van der Waals surface area contributed by atoms with Crippen molar-refractivity contribution in [2.45, 2.75) is 32.4 Å². The van der Waals surface area contributed by atoms with Crippen molar-refractivity contribution in [1.82, 2.24) is 15.5 Å². The van der Waals surface area contributed by atoms with E-state index in [1.165, 1.54) is 0 Å². The molecule has 1 saturated heterocycles. The number of amides is 3. The third-order valence-electron chi connectivity index (χ3n) is 5.39. The first kappa shape index (κ1) is 19.0. The lowest BCUT2D eigenvalue weighted by Crippen LogP contribution is -2.62. The SMILES string of the molecule is Cc1cc(C(=O)NCC(=O)N2CCC3(CC2)NC(=O)c2ccccc2O3)c(C)o1. The van der Waals surface area contributed by atoms with E-state index >= 15 is 0 Å². The van der Waals surface area contributed by atoms with Crippen LogP contribution in [-0.2, 0) is 4.79 Å². The second-order valence-electron chi connectivity index (χ2n) is 7.44. The number of fused-ring (bicyclic) bond motifs is 1. The number of hydrogen-bond donors (Lipinski definition) is 2. The Labute approximate surface area is 168 Å². The van der Waals surface area contributed by atoms with Crippen molar-refractivity contribution in [2.24, 2.45) is 0 Å². The smallest absolute Gasteiger partial charge is 0.258 e. The molecule has 3 heterocycles. The van der Waals surface area contributed by atoms with Gasteiger partial charge in [-0.2, -0.15) is 0 Å². The van der Waals surface area contributed by atoms with Gasteiger partial charge in [0, 0.05) is 25.9 Å². The third-order valence-corrected chi connectivity index (χ3v) is 5.39. The molecule has 8 heteroatoms. The molecule has 1 fully saturated rings. The summed E-state index contributed by atoms with van der Waals surface area (Å²) in [6.07, 6.45) is 0.958. The molecule has 0 radical (unpaired) electrons. The van der Waals surface area contributed by atoms with E-state index in [0.29, 0.717) is 54.3 Å². The molecule has 8 nitrogen and oxygen atoms in total. The fraction of sp³-hybridized carbons (Fsp3) is 0.381. The number of furan rings is 1. The molecule has 2 aliphatic heterocycles. The standard InChI is InChI=1S/C21H23N3O5/c1-13-11-16(14(2)28-13)19(26)22-12-18(25)24-9-7-21(8-10-24)23-20(27)15-5-3-4-6-17(15)29-21/h3-6,11H,7-10,12H2,1-2H3,(H,22,26)(H,23,27). The summed E-state index contributed by atoms with van der Waals surface area (Å²) < 4.78 is 11.4. The van der Waals surface area contributed by atoms with Gasteiger partial charge < -0.3 is 24.7 Å². The maximum atomic E-state index is 12.5. The van der Waals surface area contributed by atoms with Crippen molar-refractivity contribution in [1.29, 1.82) is 0 Å². The molecule has 1 aromatic carbocycles. The molecule has 152 valence electrons. The van der Waals surface area contributed by atoms with Crippen LogP contribution in [0.25, 0.3) is 0 Å². The molecule has 1 spiro atoms. The quantitative estimate of drug-likeness (QED) is 0.822. The van der Waals surface area contributed by atoms with Crippen LogP contribution < -0.4 is 15.4 Å². The highest BCUT2D eigenvalue weighted by Crippen LogP contribution is 2.33. The van der Waals surface area contributed by atoms with Crippen LogP contribution in [0, 0.1) is 13.8 Å². The van der Waals surface area contributed by atoms with Crippen molar-refractivity contribution >= 4 is 17.7 Å². The van der Waals surface area contributed by atoms with Crippen molar-refractivity contribution in [3.05, 3.63) is 53.0 Å². The van der Waals surface area contributed by atoms with E-state index in [1.807, 2.05) is 6.07 Å². The number of para-hydroxylation sites is 1. The van der Waals surface area contributed by atoms with Gasteiger partial charge in [0.1, 0.15) is 17.3 Å². The Hall–Kier alpha value is -3.29. The fourth-order valence-electron chi connectivity index (χ4n) is 3.82. The molecule has 0 unspecified atom stereocenters. The van der Waals surface area contributed by atoms with E-state index in [4.69, 9.17) is 9.15 Å². The molecule has 29 heavy (non-hydrogen) atoms. The number of nitrogens with zero attached hydrogens (tertiary/aromatic N) is 1. The number of carbonyl (C=O) groups excluding carboxylic acids is 3. The van der Waals surface area contributed by atoms with Gasteiger partial charge in [0.2, 0.25) is 5.91 Å². The highest BCUT2D eigenvalue weighted by atomic mass is 16.5. The summed E-state index contributed by atoms with van der Waals surface area (Å²) >= 11 is 0. The predicted octanol–water partition coefficient (Wildman–Crippen LogP) is 1.77. The predicted molar refractivity (Wildman–Crippen MR) is 104 cm³/mol. The molecule has 0 aliphatic carbocycles. The Bertz CT molecular complexity index is 972. The van der Waals surface area contributed by atoms with Gasteiger partial charge in [-0.1, -0.05) is 12.1 Å². The summed E-state index contributed by atoms with van der Waals surface area (Å²) in [5, 5.41) is 5.60. The Morgan fingerprint density at radius 2 is 1.93 bits per heavy atom. The van der Waals surface area contributed by atoms with Crippen LogP contribution in [0.4, 0.5) is 0 Å². The Balaban J connectivity index is 1.33. The molecule has 1 aromatic heterocycles. The van der Waals surface area contributed by atoms with Crippen LogP contribution in [0.3, 0.4) is 0 Å². The molecule has 0 bridgehead atoms. The first-order valence-corrected chi connectivity index (χ1v) is 9.60. The number of aryl methyl sites for hydroxylation is 2. The number of benzene rings is 1. The molecule has 2 aliphatic rings. The minimum absolute atomic E-state index is 0.0917. The molecule has 2 aromatic rings. The summed E-state index contributed by atoms with van der Waals surface area (Å²) in [4.78, 5) is 38.8. The van der Waals surface area contributed by atoms with Gasteiger partial charge in [-0.05, 0) is 32.0 Å². The molecular formula is C21H23N3O5. The number of piperidine rings is 1. The second-order valence-corrected chi connectivity index (χ2v) is 7.44. The zero-order valence-corrected chi connectivity index (χ0v) is 16.4. The maximum absolute atomic E-state index is 12.5. The van der Waals surface area contributed by atoms with Crippen molar-refractivity contribution in [3.8, 4) is 5.75 Å². The van der Waals surface area contributed by atoms with Crippen LogP contribution in [0.15, 0.2) is 34.7 Å². The fourth-order valence-corrected chi connectivity index (χ4v) is 3.82. The lowest BCUT2D eigenvalue weighted by molar-refractivity contribution is -0.134. The van der Waals surface area contributed by atoms with Crippen LogP contribution in [0.1, 0.15) is 45.1 Å². The Morgan fingerprint density at radius 3 is 2.62 bits per heavy atom. The highest BCUT2D eigenvalue weighted by Gasteiger charge is 2.43. The molecule has 2 N–H and O–H groups in total. The monoisotopic (exact) mass is 397 g/mol. The zero-order chi connectivity index (χ0) is 20.6. The summed E-state index contributed by atoms with van der Waals surface area (Å²) in [6, 6.07) is 8.78. The Morgan fingerprint density at radius 1 is 1.21 bits per heavy atom. The van der Waals surface area contributed by atoms with E-state index in [1.54, 1.807) is 43.0 Å². The number of ether oxygens (including phenoxy) is 1. The molecular weight excluding hydrogens is 374 g/mol. The minimum atomic E-state index is -0.795. The minimum Gasteiger partial charge on any atom is -0.467 e. The third kappa shape index (κ3) is 3.70. The first-order chi connectivity index (χ1) is 13.9. The Kier molecular flexibility index (Phi) is 4.77. The van der Waals surface area contributed by atoms with Crippen molar-refractivity contribution in [3.63, 3.8) is 0 Å². The zero-order valence-electron chi connectivity index (χ0n) is 16.4. The van der Waals surface area contributed by atoms with Gasteiger partial charge in [0.05, 0.1) is 17.7 Å². The molecule has 4 rings (SSSR count). The lowest BCUT2D eigenvalue weighted by atomic mass is 9.97. The first-order valence-electron chi connectivity index (χ1n) is 9.60. The van der Waals surface area contributed by atoms with E-state index < -0.39 is 5.72 Å². The topological polar surface area (TPSA) is 101 Å². The van der Waals surface area contributed by atoms with Crippen LogP contribution >= 0.6 is 0 Å². The maximum Gasteiger partial charge on any atom is 0.258 e. The van der Waals surface area contributed by atoms with Crippen LogP contribution in [-0.4, -0.2) is 48.0 Å². The van der Waals surface area contributed by atoms with Gasteiger partial charge in [-0.25, -0.2) is 0 Å². The summed E-state index contributed by atoms with van der Waals surface area (Å²) in [5.74, 6) is 1.07. The number of hydrogen-bond acceptors (Lipinski definition) is 5. The van der Waals surface area contributed by atoms with Crippen molar-refractivity contribution < 1.29 is 23.5 Å². The average Bonchev–Trinajstić information content (AvgIpc) is 3.04. The molecule has 0 atom stereocenters. The summed E-state index contributed by atoms with van der Waals surface area (Å²) in [6.45, 7) is 4.25. The van der Waals surface area contributed by atoms with Gasteiger partial charge in [0.15, 0.2) is 5.72 Å². The average molecular weight is 397 g/mol. The summed E-state index contributed by atoms with van der Waals surface area (Å²) in [7, 11) is 0.